The molecule has 2 N–H and O–H groups in total. The van der Waals surface area contributed by atoms with Crippen LogP contribution in [0.4, 0.5) is 0 Å². The van der Waals surface area contributed by atoms with Gasteiger partial charge in [0.25, 0.3) is 10.2 Å². The van der Waals surface area contributed by atoms with Crippen molar-refractivity contribution in [2.24, 2.45) is 0 Å². The summed E-state index contributed by atoms with van der Waals surface area (Å²) in [5.74, 6) is -1.15. The third-order valence-electron chi connectivity index (χ3n) is 1.92. The van der Waals surface area contributed by atoms with E-state index in [4.69, 9.17) is 5.11 Å². The maximum absolute atomic E-state index is 11.8. The summed E-state index contributed by atoms with van der Waals surface area (Å²) in [4.78, 5) is 10.9. The molecule has 0 aromatic heterocycles. The summed E-state index contributed by atoms with van der Waals surface area (Å²) in [5, 5.41) is 8.87. The second-order valence-electron chi connectivity index (χ2n) is 4.64. The molecule has 0 amide bonds. The van der Waals surface area contributed by atoms with E-state index < -0.39 is 27.8 Å². The molecule has 0 rings (SSSR count). The number of nitrogens with zero attached hydrogens (tertiary/aromatic N) is 1. The van der Waals surface area contributed by atoms with E-state index in [2.05, 4.69) is 4.72 Å². The first-order valence-corrected chi connectivity index (χ1v) is 6.45. The third-order valence-corrected chi connectivity index (χ3v) is 3.81. The molecular weight excluding hydrogens is 232 g/mol. The summed E-state index contributed by atoms with van der Waals surface area (Å²) >= 11 is 0. The zero-order chi connectivity index (χ0) is 13.1. The molecule has 0 spiro atoms. The molecule has 0 aromatic carbocycles. The van der Waals surface area contributed by atoms with Crippen LogP contribution in [-0.4, -0.2) is 42.4 Å². The molecule has 0 aliphatic carbocycles. The molecule has 7 heteroatoms. The number of aliphatic carboxylic acids is 1. The molecule has 0 saturated heterocycles. The maximum atomic E-state index is 11.8. The molecule has 0 bridgehead atoms. The molecule has 0 aliphatic heterocycles. The van der Waals surface area contributed by atoms with Crippen LogP contribution in [0.1, 0.15) is 34.1 Å². The summed E-state index contributed by atoms with van der Waals surface area (Å²) in [6, 6.07) is -1.04. The molecular formula is C9H20N2O4S. The number of hydrogen-bond acceptors (Lipinski definition) is 3. The second kappa shape index (κ2) is 5.11. The summed E-state index contributed by atoms with van der Waals surface area (Å²) in [6.45, 7) is 6.71. The monoisotopic (exact) mass is 252 g/mol. The Morgan fingerprint density at radius 2 is 1.88 bits per heavy atom. The van der Waals surface area contributed by atoms with E-state index in [1.807, 2.05) is 0 Å². The predicted molar refractivity (Wildman–Crippen MR) is 61.3 cm³/mol. The minimum atomic E-state index is -3.77. The average Bonchev–Trinajstić information content (AvgIpc) is 1.99. The van der Waals surface area contributed by atoms with Crippen molar-refractivity contribution in [3.05, 3.63) is 0 Å². The summed E-state index contributed by atoms with van der Waals surface area (Å²) in [6.07, 6.45) is 0.219. The van der Waals surface area contributed by atoms with E-state index in [1.165, 1.54) is 7.05 Å². The van der Waals surface area contributed by atoms with Crippen molar-refractivity contribution in [2.75, 3.05) is 7.05 Å². The SMILES string of the molecule is CCC(C(=O)O)N(C)S(=O)(=O)NC(C)(C)C. The number of nitrogens with one attached hydrogen (secondary N) is 1. The van der Waals surface area contributed by atoms with Crippen molar-refractivity contribution in [3.8, 4) is 0 Å². The van der Waals surface area contributed by atoms with Crippen molar-refractivity contribution in [3.63, 3.8) is 0 Å². The van der Waals surface area contributed by atoms with Gasteiger partial charge in [0.2, 0.25) is 0 Å². The van der Waals surface area contributed by atoms with Crippen molar-refractivity contribution in [1.82, 2.24) is 9.03 Å². The van der Waals surface area contributed by atoms with Gasteiger partial charge in [0, 0.05) is 12.6 Å². The largest absolute Gasteiger partial charge is 0.480 e. The fourth-order valence-electron chi connectivity index (χ4n) is 1.21. The number of hydrogen-bond donors (Lipinski definition) is 2. The lowest BCUT2D eigenvalue weighted by atomic mass is 10.1. The van der Waals surface area contributed by atoms with Gasteiger partial charge in [-0.3, -0.25) is 4.79 Å². The van der Waals surface area contributed by atoms with Crippen LogP contribution in [0.3, 0.4) is 0 Å². The number of carboxylic acid groups (broad SMARTS) is 1. The summed E-state index contributed by atoms with van der Waals surface area (Å²) in [5.41, 5.74) is -0.635. The van der Waals surface area contributed by atoms with Crippen LogP contribution in [0.2, 0.25) is 0 Å². The van der Waals surface area contributed by atoms with Crippen LogP contribution in [0, 0.1) is 0 Å². The summed E-state index contributed by atoms with van der Waals surface area (Å²) in [7, 11) is -2.51. The Kier molecular flexibility index (Phi) is 4.90. The Balaban J connectivity index is 4.96. The molecule has 1 unspecified atom stereocenters. The van der Waals surface area contributed by atoms with Crippen LogP contribution in [-0.2, 0) is 15.0 Å². The Bertz CT molecular complexity index is 345. The van der Waals surface area contributed by atoms with Crippen molar-refractivity contribution in [2.45, 2.75) is 45.7 Å². The zero-order valence-corrected chi connectivity index (χ0v) is 11.1. The highest BCUT2D eigenvalue weighted by Gasteiger charge is 2.32. The van der Waals surface area contributed by atoms with E-state index in [1.54, 1.807) is 27.7 Å². The van der Waals surface area contributed by atoms with Gasteiger partial charge in [-0.25, -0.2) is 0 Å². The lowest BCUT2D eigenvalue weighted by Gasteiger charge is -2.28. The van der Waals surface area contributed by atoms with Crippen molar-refractivity contribution >= 4 is 16.2 Å². The van der Waals surface area contributed by atoms with Gasteiger partial charge in [0.1, 0.15) is 6.04 Å². The summed E-state index contributed by atoms with van der Waals surface area (Å²) < 4.78 is 26.9. The second-order valence-corrected chi connectivity index (χ2v) is 6.37. The topological polar surface area (TPSA) is 86.7 Å². The first kappa shape index (κ1) is 15.3. The van der Waals surface area contributed by atoms with Gasteiger partial charge in [0.05, 0.1) is 0 Å². The zero-order valence-electron chi connectivity index (χ0n) is 10.3. The highest BCUT2D eigenvalue weighted by Crippen LogP contribution is 2.10. The van der Waals surface area contributed by atoms with E-state index in [0.29, 0.717) is 0 Å². The van der Waals surface area contributed by atoms with Gasteiger partial charge in [-0.15, -0.1) is 0 Å². The smallest absolute Gasteiger partial charge is 0.322 e. The van der Waals surface area contributed by atoms with E-state index >= 15 is 0 Å². The molecule has 0 saturated carbocycles. The first-order chi connectivity index (χ1) is 7.01. The van der Waals surface area contributed by atoms with Crippen LogP contribution in [0.25, 0.3) is 0 Å². The highest BCUT2D eigenvalue weighted by molar-refractivity contribution is 7.87. The molecule has 0 fully saturated rings. The Labute approximate surface area is 96.8 Å². The van der Waals surface area contributed by atoms with Crippen molar-refractivity contribution in [1.29, 1.82) is 0 Å². The highest BCUT2D eigenvalue weighted by atomic mass is 32.2. The van der Waals surface area contributed by atoms with Crippen LogP contribution < -0.4 is 4.72 Å². The van der Waals surface area contributed by atoms with Gasteiger partial charge in [-0.05, 0) is 27.2 Å². The molecule has 1 atom stereocenters. The molecule has 0 heterocycles. The van der Waals surface area contributed by atoms with Crippen molar-refractivity contribution < 1.29 is 18.3 Å². The molecule has 16 heavy (non-hydrogen) atoms. The molecule has 96 valence electrons. The minimum Gasteiger partial charge on any atom is -0.480 e. The van der Waals surface area contributed by atoms with Crippen LogP contribution in [0.15, 0.2) is 0 Å². The molecule has 0 aromatic rings. The quantitative estimate of drug-likeness (QED) is 0.742. The predicted octanol–water partition coefficient (Wildman–Crippen LogP) is 0.414. The van der Waals surface area contributed by atoms with E-state index in [9.17, 15) is 13.2 Å². The number of carbonyl (C=O) groups is 1. The number of rotatable bonds is 5. The van der Waals surface area contributed by atoms with E-state index in [-0.39, 0.29) is 6.42 Å². The van der Waals surface area contributed by atoms with Crippen LogP contribution in [0.5, 0.6) is 0 Å². The Morgan fingerprint density at radius 1 is 1.44 bits per heavy atom. The fraction of sp³-hybridized carbons (Fsp3) is 0.889. The van der Waals surface area contributed by atoms with Gasteiger partial charge >= 0.3 is 5.97 Å². The molecule has 6 nitrogen and oxygen atoms in total. The third kappa shape index (κ3) is 4.46. The lowest BCUT2D eigenvalue weighted by Crippen LogP contribution is -2.52. The average molecular weight is 252 g/mol. The fourth-order valence-corrected chi connectivity index (χ4v) is 2.71. The van der Waals surface area contributed by atoms with Gasteiger partial charge in [0.15, 0.2) is 0 Å². The molecule has 0 radical (unpaired) electrons. The van der Waals surface area contributed by atoms with Gasteiger partial charge < -0.3 is 5.11 Å². The van der Waals surface area contributed by atoms with Gasteiger partial charge in [-0.2, -0.15) is 17.4 Å². The van der Waals surface area contributed by atoms with Crippen LogP contribution >= 0.6 is 0 Å². The lowest BCUT2D eigenvalue weighted by molar-refractivity contribution is -0.141. The maximum Gasteiger partial charge on any atom is 0.322 e. The number of carboxylic acids is 1. The Morgan fingerprint density at radius 3 is 2.12 bits per heavy atom. The standard InChI is InChI=1S/C9H20N2O4S/c1-6-7(8(12)13)11(5)16(14,15)10-9(2,3)4/h7,10H,6H2,1-5H3,(H,12,13). The minimum absolute atomic E-state index is 0.219. The number of likely N-dealkylation sites (N-methyl/N-ethyl adjacent to an activating group) is 1. The van der Waals surface area contributed by atoms with E-state index in [0.717, 1.165) is 4.31 Å². The normalized spacial score (nSPS) is 15.1. The van der Waals surface area contributed by atoms with Gasteiger partial charge in [-0.1, -0.05) is 6.92 Å². The molecule has 0 aliphatic rings. The first-order valence-electron chi connectivity index (χ1n) is 5.01. The Hall–Kier alpha value is -0.660.